The van der Waals surface area contributed by atoms with Crippen LogP contribution in [-0.2, 0) is 33.9 Å². The summed E-state index contributed by atoms with van der Waals surface area (Å²) in [4.78, 5) is 67.3. The van der Waals surface area contributed by atoms with E-state index in [0.717, 1.165) is 12.8 Å². The van der Waals surface area contributed by atoms with E-state index in [0.29, 0.717) is 48.8 Å². The maximum atomic E-state index is 16.8. The van der Waals surface area contributed by atoms with Gasteiger partial charge in [-0.15, -0.1) is 0 Å². The number of esters is 1. The number of nitrogens with zero attached hydrogens (tertiary/aromatic N) is 3. The molecule has 3 aliphatic heterocycles. The van der Waals surface area contributed by atoms with Crippen molar-refractivity contribution in [3.63, 3.8) is 0 Å². The summed E-state index contributed by atoms with van der Waals surface area (Å²) < 4.78 is 62.1. The van der Waals surface area contributed by atoms with Crippen LogP contribution < -0.4 is 14.2 Å². The Hall–Kier alpha value is -4.14. The van der Waals surface area contributed by atoms with Crippen molar-refractivity contribution in [2.45, 2.75) is 140 Å². The van der Waals surface area contributed by atoms with Crippen LogP contribution in [0, 0.1) is 24.2 Å². The maximum Gasteiger partial charge on any atom is 0.307 e. The van der Waals surface area contributed by atoms with Gasteiger partial charge in [-0.05, 0) is 85.1 Å². The number of rotatable bonds is 6. The highest BCUT2D eigenvalue weighted by Gasteiger charge is 2.64. The number of nitrogens with one attached hydrogen (secondary N) is 1. The van der Waals surface area contributed by atoms with Crippen LogP contribution in [0.4, 0.5) is 4.39 Å². The van der Waals surface area contributed by atoms with Gasteiger partial charge in [-0.1, -0.05) is 25.0 Å². The number of amides is 2. The number of sulfonamides is 1. The van der Waals surface area contributed by atoms with Crippen molar-refractivity contribution < 1.29 is 46.2 Å². The Kier molecular flexibility index (Phi) is 10.3. The Balaban J connectivity index is 1.26. The first kappa shape index (κ1) is 40.1. The molecule has 304 valence electrons. The normalized spacial score (nSPS) is 30.9. The van der Waals surface area contributed by atoms with Crippen molar-refractivity contribution in [1.29, 1.82) is 0 Å². The zero-order valence-corrected chi connectivity index (χ0v) is 33.9. The molecule has 0 bridgehead atoms. The van der Waals surface area contributed by atoms with Gasteiger partial charge >= 0.3 is 5.97 Å². The third-order valence-electron chi connectivity index (χ3n) is 12.3. The number of ether oxygens (including phenoxy) is 3. The van der Waals surface area contributed by atoms with Crippen LogP contribution in [0.5, 0.6) is 11.6 Å². The standard InChI is InChI=1S/C41H53FN4O9S/c1-24-35-33(34-28(43-24)14-15-31(44-34)53-6)27(42)20-40(55-35)21-29-30(47)22-41(37(50)45-56(51,52)39(5)16-17-39)19-26(41)13-11-9-7-8-10-12-25(36(49)46(29)23-40)18-32(48)54-38(2,3)4/h11,13-15,25-27,29H,7-10,12,16-23H2,1-6H3,(H,45,50)/b13-11-/t25-,26-,27?,29+,40-,41-/m1/s1. The fraction of sp³-hybridized carbons (Fsp3) is 0.659. The van der Waals surface area contributed by atoms with Crippen molar-refractivity contribution in [3.05, 3.63) is 35.5 Å². The number of aryl methyl sites for hydroxylation is 1. The summed E-state index contributed by atoms with van der Waals surface area (Å²) in [6.07, 6.45) is 5.88. The van der Waals surface area contributed by atoms with Crippen LogP contribution >= 0.6 is 0 Å². The van der Waals surface area contributed by atoms with Crippen molar-refractivity contribution in [2.75, 3.05) is 13.7 Å². The zero-order chi connectivity index (χ0) is 40.4. The van der Waals surface area contributed by atoms with Crippen LogP contribution in [0.25, 0.3) is 11.0 Å². The molecule has 7 rings (SSSR count). The number of Topliss-reactive ketones (excluding diaryl/α,β-unsaturated/α-hetero) is 1. The monoisotopic (exact) mass is 796 g/mol. The van der Waals surface area contributed by atoms with Crippen LogP contribution in [0.1, 0.15) is 122 Å². The van der Waals surface area contributed by atoms with E-state index in [1.165, 1.54) is 12.0 Å². The lowest BCUT2D eigenvalue weighted by Crippen LogP contribution is -2.48. The SMILES string of the molecule is COc1ccc2nc(C)c3c(c2n1)C(F)C[C@]1(C[C@H]2C(=O)C[C@]4(C(=O)NS(=O)(=O)C5(C)CC5)C[C@H]4/C=C\CCCCC[C@H](CC(=O)OC(C)(C)C)C(=O)N2C1)O3. The Morgan fingerprint density at radius 2 is 1.84 bits per heavy atom. The molecule has 15 heteroatoms. The fourth-order valence-corrected chi connectivity index (χ4v) is 10.1. The Morgan fingerprint density at radius 1 is 1.09 bits per heavy atom. The molecule has 2 amide bonds. The number of methoxy groups -OCH3 is 1. The Bertz CT molecular complexity index is 2100. The second-order valence-electron chi connectivity index (χ2n) is 17.9. The third kappa shape index (κ3) is 7.64. The van der Waals surface area contributed by atoms with Gasteiger partial charge < -0.3 is 19.1 Å². The molecule has 0 radical (unpaired) electrons. The van der Waals surface area contributed by atoms with E-state index in [1.807, 2.05) is 12.2 Å². The van der Waals surface area contributed by atoms with Gasteiger partial charge in [0, 0.05) is 31.2 Å². The molecule has 2 aromatic heterocycles. The van der Waals surface area contributed by atoms with Crippen LogP contribution in [0.15, 0.2) is 24.3 Å². The summed E-state index contributed by atoms with van der Waals surface area (Å²) in [5.41, 5.74) is -2.08. The van der Waals surface area contributed by atoms with Gasteiger partial charge in [0.2, 0.25) is 27.7 Å². The number of pyridine rings is 2. The minimum absolute atomic E-state index is 0.0752. The molecule has 0 aromatic carbocycles. The molecule has 13 nitrogen and oxygen atoms in total. The van der Waals surface area contributed by atoms with Gasteiger partial charge in [-0.2, -0.15) is 0 Å². The van der Waals surface area contributed by atoms with Crippen molar-refractivity contribution in [1.82, 2.24) is 19.6 Å². The number of fused-ring (bicyclic) bond motifs is 5. The van der Waals surface area contributed by atoms with Gasteiger partial charge in [-0.25, -0.2) is 22.8 Å². The summed E-state index contributed by atoms with van der Waals surface area (Å²) in [5, 5.41) is 0. The van der Waals surface area contributed by atoms with E-state index in [9.17, 15) is 27.6 Å². The van der Waals surface area contributed by atoms with E-state index < -0.39 is 73.1 Å². The van der Waals surface area contributed by atoms with Gasteiger partial charge in [0.1, 0.15) is 28.6 Å². The first-order valence-corrected chi connectivity index (χ1v) is 21.2. The van der Waals surface area contributed by atoms with Crippen molar-refractivity contribution in [2.24, 2.45) is 17.3 Å². The number of carbonyl (C=O) groups is 4. The minimum Gasteiger partial charge on any atom is -0.483 e. The van der Waals surface area contributed by atoms with Crippen LogP contribution in [0.3, 0.4) is 0 Å². The van der Waals surface area contributed by atoms with E-state index in [-0.39, 0.29) is 61.8 Å². The number of hydrogen-bond acceptors (Lipinski definition) is 11. The van der Waals surface area contributed by atoms with E-state index in [2.05, 4.69) is 14.7 Å². The second kappa shape index (κ2) is 14.4. The molecule has 2 aromatic rings. The Labute approximate surface area is 327 Å². The van der Waals surface area contributed by atoms with E-state index >= 15 is 4.39 Å². The predicted molar refractivity (Wildman–Crippen MR) is 204 cm³/mol. The lowest BCUT2D eigenvalue weighted by Gasteiger charge is -2.38. The third-order valence-corrected chi connectivity index (χ3v) is 14.5. The molecule has 1 unspecified atom stereocenters. The second-order valence-corrected chi connectivity index (χ2v) is 20.0. The number of halogens is 1. The van der Waals surface area contributed by atoms with Gasteiger partial charge in [-0.3, -0.25) is 23.9 Å². The quantitative estimate of drug-likeness (QED) is 0.272. The number of ketones is 1. The molecule has 1 spiro atoms. The maximum absolute atomic E-state index is 16.8. The van der Waals surface area contributed by atoms with Crippen LogP contribution in [-0.4, -0.2) is 82.5 Å². The van der Waals surface area contributed by atoms with E-state index in [4.69, 9.17) is 14.2 Å². The van der Waals surface area contributed by atoms with Gasteiger partial charge in [0.05, 0.1) is 53.1 Å². The average molecular weight is 797 g/mol. The molecular formula is C41H53FN4O9S. The average Bonchev–Trinajstić information content (AvgIpc) is 4.01. The molecule has 1 N–H and O–H groups in total. The van der Waals surface area contributed by atoms with Gasteiger partial charge in [0.25, 0.3) is 0 Å². The summed E-state index contributed by atoms with van der Waals surface area (Å²) in [6.45, 7) is 8.40. The Morgan fingerprint density at radius 3 is 2.54 bits per heavy atom. The van der Waals surface area contributed by atoms with Gasteiger partial charge in [0.15, 0.2) is 5.78 Å². The largest absolute Gasteiger partial charge is 0.483 e. The topological polar surface area (TPSA) is 171 Å². The zero-order valence-electron chi connectivity index (χ0n) is 33.1. The summed E-state index contributed by atoms with van der Waals surface area (Å²) >= 11 is 0. The molecule has 5 aliphatic rings. The first-order chi connectivity index (χ1) is 26.3. The highest BCUT2D eigenvalue weighted by Crippen LogP contribution is 2.58. The molecule has 1 saturated heterocycles. The summed E-state index contributed by atoms with van der Waals surface area (Å²) in [5.74, 6) is -2.90. The lowest BCUT2D eigenvalue weighted by atomic mass is 9.84. The molecule has 6 atom stereocenters. The van der Waals surface area contributed by atoms with Crippen molar-refractivity contribution in [3.8, 4) is 11.6 Å². The number of allylic oxidation sites excluding steroid dienone is 2. The fourth-order valence-electron chi connectivity index (χ4n) is 8.74. The summed E-state index contributed by atoms with van der Waals surface area (Å²) in [6, 6.07) is 2.20. The van der Waals surface area contributed by atoms with Crippen LogP contribution in [0.2, 0.25) is 0 Å². The van der Waals surface area contributed by atoms with Crippen molar-refractivity contribution >= 4 is 44.6 Å². The minimum atomic E-state index is -3.99. The number of carbonyl (C=O) groups excluding carboxylic acids is 4. The number of aromatic nitrogens is 2. The number of alkyl halides is 1. The molecule has 56 heavy (non-hydrogen) atoms. The predicted octanol–water partition coefficient (Wildman–Crippen LogP) is 5.91. The summed E-state index contributed by atoms with van der Waals surface area (Å²) in [7, 11) is -2.53. The number of hydrogen-bond donors (Lipinski definition) is 1. The molecule has 5 heterocycles. The highest BCUT2D eigenvalue weighted by molar-refractivity contribution is 7.91. The van der Waals surface area contributed by atoms with E-state index in [1.54, 1.807) is 46.8 Å². The first-order valence-electron chi connectivity index (χ1n) is 19.8. The lowest BCUT2D eigenvalue weighted by molar-refractivity contribution is -0.159. The molecular weight excluding hydrogens is 744 g/mol. The highest BCUT2D eigenvalue weighted by atomic mass is 32.2. The molecule has 2 aliphatic carbocycles. The molecule has 2 saturated carbocycles. The smallest absolute Gasteiger partial charge is 0.307 e. The molecule has 3 fully saturated rings.